The van der Waals surface area contributed by atoms with Crippen LogP contribution in [-0.2, 0) is 35.0 Å². The van der Waals surface area contributed by atoms with Gasteiger partial charge in [0.05, 0.1) is 38.1 Å². The second-order valence-corrected chi connectivity index (χ2v) is 12.5. The minimum atomic E-state index is -0.977. The molecule has 2 heterocycles. The van der Waals surface area contributed by atoms with Crippen molar-refractivity contribution in [3.8, 4) is 11.5 Å². The minimum Gasteiger partial charge on any atom is -0.493 e. The highest BCUT2D eigenvalue weighted by atomic mass is 35.5. The Morgan fingerprint density at radius 3 is 2.60 bits per heavy atom. The number of thiazole rings is 1. The predicted octanol–water partition coefficient (Wildman–Crippen LogP) is 6.04. The number of carbonyl (C=O) groups excluding carboxylic acids is 3. The van der Waals surface area contributed by atoms with Gasteiger partial charge < -0.3 is 28.6 Å². The molecular weight excluding hydrogens is 620 g/mol. The van der Waals surface area contributed by atoms with Gasteiger partial charge in [-0.05, 0) is 37.3 Å². The first-order valence-corrected chi connectivity index (χ1v) is 15.6. The van der Waals surface area contributed by atoms with Crippen LogP contribution in [0.25, 0.3) is 6.08 Å². The molecule has 0 unspecified atom stereocenters. The van der Waals surface area contributed by atoms with Gasteiger partial charge in [-0.2, -0.15) is 0 Å². The Morgan fingerprint density at radius 2 is 1.91 bits per heavy atom. The van der Waals surface area contributed by atoms with Crippen molar-refractivity contribution in [2.45, 2.75) is 46.3 Å². The summed E-state index contributed by atoms with van der Waals surface area (Å²) in [5.74, 6) is -0.191. The predicted molar refractivity (Wildman–Crippen MR) is 172 cm³/mol. The third kappa shape index (κ3) is 8.42. The van der Waals surface area contributed by atoms with Crippen molar-refractivity contribution in [3.05, 3.63) is 74.7 Å². The number of hydrogen-bond acceptors (Lipinski definition) is 10. The number of para-hydroxylation sites is 1. The second-order valence-electron chi connectivity index (χ2n) is 11.1. The molecule has 0 aliphatic carbocycles. The summed E-state index contributed by atoms with van der Waals surface area (Å²) in [6.45, 7) is 7.53. The molecule has 12 heteroatoms. The number of ether oxygens (including phenoxy) is 5. The standard InChI is InChI=1S/C33H37ClN2O8S/c1-7-42-29(38)14-12-22-17-45-28(35-22)16-27-32(39)36(18-33(3,4)19-43-20(2)37)25-13-11-21(34)15-24(25)30(44-27)23-9-8-10-26(40-5)31(23)41-6/h8-15,17,27,30H,7,16,18-19H2,1-6H3/t27-,30-/m1/s1. The summed E-state index contributed by atoms with van der Waals surface area (Å²) in [5, 5.41) is 2.90. The maximum atomic E-state index is 14.5. The Balaban J connectivity index is 1.80. The molecule has 0 bridgehead atoms. The van der Waals surface area contributed by atoms with E-state index in [-0.39, 0.29) is 32.1 Å². The summed E-state index contributed by atoms with van der Waals surface area (Å²) in [6, 6.07) is 10.8. The van der Waals surface area contributed by atoms with E-state index in [1.54, 1.807) is 61.8 Å². The number of carbonyl (C=O) groups is 3. The summed E-state index contributed by atoms with van der Waals surface area (Å²) >= 11 is 7.89. The molecule has 1 aliphatic rings. The van der Waals surface area contributed by atoms with Crippen LogP contribution >= 0.6 is 22.9 Å². The lowest BCUT2D eigenvalue weighted by Gasteiger charge is -2.33. The lowest BCUT2D eigenvalue weighted by molar-refractivity contribution is -0.144. The van der Waals surface area contributed by atoms with E-state index in [1.807, 2.05) is 26.0 Å². The molecule has 3 aromatic rings. The Bertz CT molecular complexity index is 1570. The molecule has 0 radical (unpaired) electrons. The molecular formula is C33H37ClN2O8S. The molecule has 0 N–H and O–H groups in total. The zero-order chi connectivity index (χ0) is 32.7. The molecule has 2 aromatic carbocycles. The van der Waals surface area contributed by atoms with E-state index in [0.29, 0.717) is 44.0 Å². The Hall–Kier alpha value is -3.93. The third-order valence-corrected chi connectivity index (χ3v) is 8.10. The molecule has 4 rings (SSSR count). The summed E-state index contributed by atoms with van der Waals surface area (Å²) in [7, 11) is 3.10. The lowest BCUT2D eigenvalue weighted by atomic mass is 9.92. The average Bonchev–Trinajstić information content (AvgIpc) is 3.43. The number of rotatable bonds is 12. The average molecular weight is 657 g/mol. The van der Waals surface area contributed by atoms with E-state index in [4.69, 9.17) is 35.3 Å². The van der Waals surface area contributed by atoms with E-state index in [9.17, 15) is 14.4 Å². The van der Waals surface area contributed by atoms with Crippen molar-refractivity contribution in [2.24, 2.45) is 5.41 Å². The maximum Gasteiger partial charge on any atom is 0.330 e. The highest BCUT2D eigenvalue weighted by Crippen LogP contribution is 2.45. The lowest BCUT2D eigenvalue weighted by Crippen LogP contribution is -2.46. The van der Waals surface area contributed by atoms with Crippen LogP contribution in [-0.4, -0.2) is 62.9 Å². The van der Waals surface area contributed by atoms with Gasteiger partial charge in [0.1, 0.15) is 12.2 Å². The van der Waals surface area contributed by atoms with Crippen molar-refractivity contribution in [3.63, 3.8) is 0 Å². The Labute approximate surface area is 271 Å². The van der Waals surface area contributed by atoms with Crippen LogP contribution in [0.1, 0.15) is 55.6 Å². The minimum absolute atomic E-state index is 0.107. The SMILES string of the molecule is CCOC(=O)C=Cc1csc(C[C@H]2O[C@H](c3cccc(OC)c3OC)c3cc(Cl)ccc3N(CC(C)(C)COC(C)=O)C2=O)n1. The largest absolute Gasteiger partial charge is 0.493 e. The van der Waals surface area contributed by atoms with E-state index in [1.165, 1.54) is 24.3 Å². The van der Waals surface area contributed by atoms with Crippen LogP contribution in [0, 0.1) is 5.41 Å². The fourth-order valence-electron chi connectivity index (χ4n) is 5.00. The fourth-order valence-corrected chi connectivity index (χ4v) is 5.97. The van der Waals surface area contributed by atoms with Crippen LogP contribution < -0.4 is 14.4 Å². The zero-order valence-electron chi connectivity index (χ0n) is 26.1. The summed E-state index contributed by atoms with van der Waals surface area (Å²) < 4.78 is 28.4. The van der Waals surface area contributed by atoms with Crippen LogP contribution in [0.3, 0.4) is 0 Å². The van der Waals surface area contributed by atoms with Crippen LogP contribution in [0.2, 0.25) is 5.02 Å². The van der Waals surface area contributed by atoms with Crippen LogP contribution in [0.5, 0.6) is 11.5 Å². The Kier molecular flexibility index (Phi) is 11.2. The molecule has 10 nitrogen and oxygen atoms in total. The number of esters is 2. The van der Waals surface area contributed by atoms with Gasteiger partial charge >= 0.3 is 11.9 Å². The number of benzene rings is 2. The highest BCUT2D eigenvalue weighted by Gasteiger charge is 2.40. The molecule has 0 fully saturated rings. The van der Waals surface area contributed by atoms with Gasteiger partial charge in [-0.25, -0.2) is 9.78 Å². The van der Waals surface area contributed by atoms with Crippen molar-refractivity contribution in [1.29, 1.82) is 0 Å². The van der Waals surface area contributed by atoms with E-state index in [2.05, 4.69) is 4.98 Å². The third-order valence-electron chi connectivity index (χ3n) is 6.98. The van der Waals surface area contributed by atoms with Gasteiger partial charge in [0.15, 0.2) is 11.5 Å². The topological polar surface area (TPSA) is 113 Å². The van der Waals surface area contributed by atoms with Gasteiger partial charge in [0.25, 0.3) is 5.91 Å². The van der Waals surface area contributed by atoms with Gasteiger partial charge in [-0.3, -0.25) is 9.59 Å². The monoisotopic (exact) mass is 656 g/mol. The molecule has 0 saturated heterocycles. The first kappa shape index (κ1) is 34.0. The molecule has 0 saturated carbocycles. The number of anilines is 1. The number of fused-ring (bicyclic) bond motifs is 1. The van der Waals surface area contributed by atoms with E-state index >= 15 is 0 Å². The van der Waals surface area contributed by atoms with Crippen molar-refractivity contribution < 1.29 is 38.1 Å². The van der Waals surface area contributed by atoms with Gasteiger partial charge in [-0.15, -0.1) is 11.3 Å². The maximum absolute atomic E-state index is 14.5. The summed E-state index contributed by atoms with van der Waals surface area (Å²) in [4.78, 5) is 44.2. The summed E-state index contributed by atoms with van der Waals surface area (Å²) in [6.07, 6.45) is 1.28. The summed E-state index contributed by atoms with van der Waals surface area (Å²) in [5.41, 5.74) is 1.86. The molecule has 240 valence electrons. The van der Waals surface area contributed by atoms with Gasteiger partial charge in [0.2, 0.25) is 0 Å². The number of aromatic nitrogens is 1. The van der Waals surface area contributed by atoms with Crippen molar-refractivity contribution >= 4 is 52.5 Å². The number of nitrogens with zero attached hydrogens (tertiary/aromatic N) is 2. The molecule has 45 heavy (non-hydrogen) atoms. The van der Waals surface area contributed by atoms with Crippen molar-refractivity contribution in [1.82, 2.24) is 4.98 Å². The van der Waals surface area contributed by atoms with E-state index in [0.717, 1.165) is 0 Å². The first-order valence-electron chi connectivity index (χ1n) is 14.4. The number of hydrogen-bond donors (Lipinski definition) is 0. The molecule has 0 spiro atoms. The molecule has 1 aromatic heterocycles. The molecule has 1 amide bonds. The first-order chi connectivity index (χ1) is 21.5. The molecule has 1 aliphatic heterocycles. The zero-order valence-corrected chi connectivity index (χ0v) is 27.7. The normalized spacial score (nSPS) is 16.7. The molecule has 2 atom stereocenters. The smallest absolute Gasteiger partial charge is 0.330 e. The Morgan fingerprint density at radius 1 is 1.13 bits per heavy atom. The second kappa shape index (κ2) is 14.9. The van der Waals surface area contributed by atoms with Gasteiger partial charge in [-0.1, -0.05) is 37.6 Å². The number of methoxy groups -OCH3 is 2. The van der Waals surface area contributed by atoms with E-state index < -0.39 is 29.6 Å². The van der Waals surface area contributed by atoms with Crippen LogP contribution in [0.15, 0.2) is 47.9 Å². The number of amides is 1. The quantitative estimate of drug-likeness (QED) is 0.170. The fraction of sp³-hybridized carbons (Fsp3) is 0.394. The van der Waals surface area contributed by atoms with Crippen molar-refractivity contribution in [2.75, 3.05) is 38.9 Å². The number of halogens is 1. The van der Waals surface area contributed by atoms with Crippen LogP contribution in [0.4, 0.5) is 5.69 Å². The highest BCUT2D eigenvalue weighted by molar-refractivity contribution is 7.09. The van der Waals surface area contributed by atoms with Gasteiger partial charge in [0, 0.05) is 58.6 Å².